The molecule has 10 heteroatoms. The molecule has 0 saturated carbocycles. The Balaban J connectivity index is 1.83. The van der Waals surface area contributed by atoms with Gasteiger partial charge in [-0.3, -0.25) is 0 Å². The van der Waals surface area contributed by atoms with Crippen LogP contribution in [0, 0.1) is 0 Å². The molecular weight excluding hydrogens is 606 g/mol. The summed E-state index contributed by atoms with van der Waals surface area (Å²) in [5, 5.41) is 4.02. The van der Waals surface area contributed by atoms with Crippen molar-refractivity contribution in [3.8, 4) is 11.3 Å². The largest absolute Gasteiger partial charge is 0.461 e. The molecule has 0 fully saturated rings. The number of ether oxygens (including phenoxy) is 2. The van der Waals surface area contributed by atoms with E-state index in [1.165, 1.54) is 0 Å². The maximum Gasteiger partial charge on any atom is 0.410 e. The van der Waals surface area contributed by atoms with E-state index in [2.05, 4.69) is 44.2 Å². The Kier molecular flexibility index (Phi) is 12.2. The molecule has 0 aliphatic carbocycles. The van der Waals surface area contributed by atoms with E-state index in [-0.39, 0.29) is 17.3 Å². The van der Waals surface area contributed by atoms with Crippen LogP contribution >= 0.6 is 11.6 Å². The summed E-state index contributed by atoms with van der Waals surface area (Å²) in [7, 11) is -2.23. The minimum Gasteiger partial charge on any atom is -0.461 e. The molecule has 1 atom stereocenters. The second-order valence-corrected chi connectivity index (χ2v) is 18.7. The number of benzene rings is 2. The van der Waals surface area contributed by atoms with E-state index in [0.717, 1.165) is 16.8 Å². The van der Waals surface area contributed by atoms with Crippen molar-refractivity contribution in [3.63, 3.8) is 0 Å². The summed E-state index contributed by atoms with van der Waals surface area (Å²) in [4.78, 5) is 31.9. The van der Waals surface area contributed by atoms with Crippen LogP contribution in [0.4, 0.5) is 10.5 Å². The highest BCUT2D eigenvalue weighted by atomic mass is 35.5. The van der Waals surface area contributed by atoms with Gasteiger partial charge in [-0.2, -0.15) is 0 Å². The zero-order valence-corrected chi connectivity index (χ0v) is 29.8. The smallest absolute Gasteiger partial charge is 0.410 e. The molecule has 1 heterocycles. The van der Waals surface area contributed by atoms with Crippen LogP contribution < -0.4 is 5.32 Å². The van der Waals surface area contributed by atoms with Crippen LogP contribution in [0.3, 0.4) is 0 Å². The first-order chi connectivity index (χ1) is 21.0. The quantitative estimate of drug-likeness (QED) is 0.154. The van der Waals surface area contributed by atoms with Crippen molar-refractivity contribution in [3.05, 3.63) is 83.0 Å². The number of pyridine rings is 1. The molecule has 1 amide bonds. The number of aromatic nitrogens is 1. The number of halogens is 1. The van der Waals surface area contributed by atoms with E-state index in [9.17, 15) is 9.59 Å². The van der Waals surface area contributed by atoms with Gasteiger partial charge in [-0.15, -0.1) is 0 Å². The topological polar surface area (TPSA) is 90.0 Å². The lowest BCUT2D eigenvalue weighted by Gasteiger charge is -2.40. The Morgan fingerprint density at radius 3 is 2.31 bits per heavy atom. The molecule has 3 aromatic rings. The van der Waals surface area contributed by atoms with Gasteiger partial charge in [-0.05, 0) is 87.8 Å². The van der Waals surface area contributed by atoms with Gasteiger partial charge in [0.25, 0.3) is 0 Å². The minimum atomic E-state index is -2.23. The van der Waals surface area contributed by atoms with Crippen molar-refractivity contribution in [2.45, 2.75) is 78.3 Å². The predicted molar refractivity (Wildman–Crippen MR) is 184 cm³/mol. The molecule has 0 aliphatic rings. The minimum absolute atomic E-state index is 0.0299. The van der Waals surface area contributed by atoms with Gasteiger partial charge in [0.05, 0.1) is 24.9 Å². The van der Waals surface area contributed by atoms with E-state index >= 15 is 0 Å². The second kappa shape index (κ2) is 15.3. The lowest BCUT2D eigenvalue weighted by Crippen LogP contribution is -2.46. The lowest BCUT2D eigenvalue weighted by molar-refractivity contribution is 0.0165. The van der Waals surface area contributed by atoms with Gasteiger partial charge >= 0.3 is 12.1 Å². The molecule has 0 bridgehead atoms. The maximum absolute atomic E-state index is 13.5. The van der Waals surface area contributed by atoms with Gasteiger partial charge in [0.2, 0.25) is 0 Å². The number of anilines is 1. The fraction of sp³-hybridized carbons (Fsp3) is 0.457. The Bertz CT molecular complexity index is 1450. The fourth-order valence-electron chi connectivity index (χ4n) is 4.27. The Hall–Kier alpha value is -3.40. The van der Waals surface area contributed by atoms with Gasteiger partial charge in [0.1, 0.15) is 11.3 Å². The van der Waals surface area contributed by atoms with E-state index < -0.39 is 32.1 Å². The molecule has 0 radical (unpaired) electrons. The van der Waals surface area contributed by atoms with Crippen LogP contribution in [0.1, 0.15) is 70.6 Å². The number of rotatable bonds is 12. The number of amides is 1. The standard InChI is InChI=1S/C35H48ClN3O5Si/c1-10-42-32(40)30-19-13-18-29(38-30)25-14-12-17-28(23-25)37-20-21-39(33(41)43-34(2,3)4)24-31(26-15-11-16-27(36)22-26)44-45(8,9)35(5,6)7/h11-19,22-23,31,37H,10,20-21,24H2,1-9H3/t31-/m0/s1. The van der Waals surface area contributed by atoms with Crippen molar-refractivity contribution in [2.75, 3.05) is 31.6 Å². The number of hydrogen-bond donors (Lipinski definition) is 1. The van der Waals surface area contributed by atoms with Crippen molar-refractivity contribution in [1.29, 1.82) is 0 Å². The SMILES string of the molecule is CCOC(=O)c1cccc(-c2cccc(NCCN(C[C@H](O[Si](C)(C)C(C)(C)C)c3cccc(Cl)c3)C(=O)OC(C)(C)C)c2)n1. The molecule has 1 aromatic heterocycles. The van der Waals surface area contributed by atoms with Crippen molar-refractivity contribution in [1.82, 2.24) is 9.88 Å². The number of nitrogens with zero attached hydrogens (tertiary/aromatic N) is 2. The molecule has 45 heavy (non-hydrogen) atoms. The molecular formula is C35H48ClN3O5Si. The zero-order chi connectivity index (χ0) is 33.4. The zero-order valence-electron chi connectivity index (χ0n) is 28.1. The summed E-state index contributed by atoms with van der Waals surface area (Å²) in [6, 6.07) is 20.7. The highest BCUT2D eigenvalue weighted by Gasteiger charge is 2.40. The number of carbonyl (C=O) groups excluding carboxylic acids is 2. The Morgan fingerprint density at radius 1 is 0.978 bits per heavy atom. The van der Waals surface area contributed by atoms with E-state index in [4.69, 9.17) is 25.5 Å². The summed E-state index contributed by atoms with van der Waals surface area (Å²) in [6.07, 6.45) is -0.804. The van der Waals surface area contributed by atoms with Gasteiger partial charge < -0.3 is 24.1 Å². The second-order valence-electron chi connectivity index (χ2n) is 13.5. The van der Waals surface area contributed by atoms with E-state index in [1.54, 1.807) is 24.0 Å². The molecule has 0 aliphatic heterocycles. The fourth-order valence-corrected chi connectivity index (χ4v) is 5.75. The number of carbonyl (C=O) groups is 2. The first kappa shape index (κ1) is 36.1. The van der Waals surface area contributed by atoms with Crippen LogP contribution in [-0.4, -0.2) is 62.1 Å². The highest BCUT2D eigenvalue weighted by molar-refractivity contribution is 6.74. The summed E-state index contributed by atoms with van der Waals surface area (Å²) >= 11 is 6.40. The van der Waals surface area contributed by atoms with Crippen molar-refractivity contribution >= 4 is 37.7 Å². The molecule has 8 nitrogen and oxygen atoms in total. The molecule has 2 aromatic carbocycles. The first-order valence-electron chi connectivity index (χ1n) is 15.4. The third kappa shape index (κ3) is 10.9. The molecule has 244 valence electrons. The van der Waals surface area contributed by atoms with Crippen molar-refractivity contribution in [2.24, 2.45) is 0 Å². The normalized spacial score (nSPS) is 12.8. The van der Waals surface area contributed by atoms with Crippen LogP contribution in [0.25, 0.3) is 11.3 Å². The molecule has 3 rings (SSSR count). The average Bonchev–Trinajstić information content (AvgIpc) is 2.95. The number of esters is 1. The van der Waals surface area contributed by atoms with Crippen LogP contribution in [0.2, 0.25) is 23.2 Å². The third-order valence-electron chi connectivity index (χ3n) is 7.60. The van der Waals surface area contributed by atoms with Crippen LogP contribution in [0.15, 0.2) is 66.7 Å². The molecule has 0 unspecified atom stereocenters. The molecule has 0 spiro atoms. The van der Waals surface area contributed by atoms with Gasteiger partial charge in [-0.25, -0.2) is 14.6 Å². The van der Waals surface area contributed by atoms with Gasteiger partial charge in [0, 0.05) is 29.4 Å². The average molecular weight is 654 g/mol. The first-order valence-corrected chi connectivity index (χ1v) is 18.7. The lowest BCUT2D eigenvalue weighted by atomic mass is 10.1. The number of hydrogen-bond acceptors (Lipinski definition) is 7. The van der Waals surface area contributed by atoms with E-state index in [1.807, 2.05) is 75.4 Å². The molecule has 1 N–H and O–H groups in total. The third-order valence-corrected chi connectivity index (χ3v) is 12.3. The van der Waals surface area contributed by atoms with Gasteiger partial charge in [0.15, 0.2) is 8.32 Å². The Morgan fingerprint density at radius 2 is 1.67 bits per heavy atom. The predicted octanol–water partition coefficient (Wildman–Crippen LogP) is 8.99. The summed E-state index contributed by atoms with van der Waals surface area (Å²) in [5.41, 5.74) is 2.87. The van der Waals surface area contributed by atoms with Crippen LogP contribution in [-0.2, 0) is 13.9 Å². The maximum atomic E-state index is 13.5. The van der Waals surface area contributed by atoms with E-state index in [0.29, 0.717) is 30.4 Å². The monoisotopic (exact) mass is 653 g/mol. The van der Waals surface area contributed by atoms with Crippen molar-refractivity contribution < 1.29 is 23.5 Å². The molecule has 0 saturated heterocycles. The summed E-state index contributed by atoms with van der Waals surface area (Å²) < 4.78 is 17.8. The summed E-state index contributed by atoms with van der Waals surface area (Å²) in [5.74, 6) is -0.454. The highest BCUT2D eigenvalue weighted by Crippen LogP contribution is 2.40. The summed E-state index contributed by atoms with van der Waals surface area (Å²) in [6.45, 7) is 19.7. The number of nitrogens with one attached hydrogen (secondary N) is 1. The van der Waals surface area contributed by atoms with Crippen LogP contribution in [0.5, 0.6) is 0 Å². The van der Waals surface area contributed by atoms with Gasteiger partial charge in [-0.1, -0.05) is 62.7 Å². The Labute approximate surface area is 274 Å².